The molecule has 420 valence electrons. The highest BCUT2D eigenvalue weighted by atomic mass is 31.2. The zero-order valence-electron chi connectivity index (χ0n) is 47.9. The maximum absolute atomic E-state index is 13.0. The molecule has 0 aromatic heterocycles. The lowest BCUT2D eigenvalue weighted by atomic mass is 10.0. The van der Waals surface area contributed by atoms with Gasteiger partial charge in [-0.2, -0.15) is 0 Å². The summed E-state index contributed by atoms with van der Waals surface area (Å²) in [6, 6.07) is -0.908. The molecule has 0 spiro atoms. The van der Waals surface area contributed by atoms with Gasteiger partial charge in [-0.15, -0.1) is 0 Å². The summed E-state index contributed by atoms with van der Waals surface area (Å²) in [5.74, 6) is -0.206. The lowest BCUT2D eigenvalue weighted by Crippen LogP contribution is -2.45. The number of hydrogen-bond donors (Lipinski definition) is 2. The van der Waals surface area contributed by atoms with Crippen molar-refractivity contribution in [1.82, 2.24) is 5.32 Å². The highest BCUT2D eigenvalue weighted by Crippen LogP contribution is 2.38. The molecular formula is C62H121N2O6P. The summed E-state index contributed by atoms with van der Waals surface area (Å²) in [5, 5.41) is 13.9. The predicted molar refractivity (Wildman–Crippen MR) is 307 cm³/mol. The van der Waals surface area contributed by atoms with Gasteiger partial charge in [-0.05, 0) is 44.9 Å². The van der Waals surface area contributed by atoms with Crippen LogP contribution in [-0.4, -0.2) is 68.5 Å². The van der Waals surface area contributed by atoms with Crippen molar-refractivity contribution < 1.29 is 32.9 Å². The maximum Gasteiger partial charge on any atom is 0.268 e. The quantitative estimate of drug-likeness (QED) is 0.0272. The fraction of sp³-hybridized carbons (Fsp3) is 0.887. The van der Waals surface area contributed by atoms with E-state index in [4.69, 9.17) is 9.05 Å². The molecule has 2 N–H and O–H groups in total. The first-order chi connectivity index (χ1) is 34.5. The average molecular weight is 1020 g/mol. The van der Waals surface area contributed by atoms with Crippen LogP contribution >= 0.6 is 7.82 Å². The number of nitrogens with one attached hydrogen (secondary N) is 1. The summed E-state index contributed by atoms with van der Waals surface area (Å²) in [5.41, 5.74) is 0. The summed E-state index contributed by atoms with van der Waals surface area (Å²) in [6.07, 6.45) is 69.6. The molecule has 0 radical (unpaired) electrons. The standard InChI is InChI=1S/C62H121N2O6P/c1-6-8-10-12-14-16-18-20-22-24-26-27-28-29-30-31-32-33-34-35-36-37-38-40-42-44-46-48-50-52-54-56-62(66)63-60(59-70-71(67,68)69-58-57-64(3,4)5)61(65)55-53-51-49-47-45-43-41-39-25-23-21-19-17-15-13-11-9-7-2/h25,39,45,47,53,55,60-61,65H,6-24,26-38,40-44,46,48-52,54,56-59H2,1-5H3,(H-,63,66,67,68)/b39-25+,47-45+,55-53+. The van der Waals surface area contributed by atoms with E-state index in [1.165, 1.54) is 238 Å². The first kappa shape index (κ1) is 69.7. The van der Waals surface area contributed by atoms with E-state index in [-0.39, 0.29) is 12.5 Å². The van der Waals surface area contributed by atoms with E-state index in [2.05, 4.69) is 43.5 Å². The van der Waals surface area contributed by atoms with E-state index >= 15 is 0 Å². The minimum atomic E-state index is -4.61. The van der Waals surface area contributed by atoms with Crippen LogP contribution in [0.1, 0.15) is 303 Å². The average Bonchev–Trinajstić information content (AvgIpc) is 3.33. The normalized spacial score (nSPS) is 14.1. The largest absolute Gasteiger partial charge is 0.756 e. The predicted octanol–water partition coefficient (Wildman–Crippen LogP) is 18.3. The van der Waals surface area contributed by atoms with Gasteiger partial charge in [0, 0.05) is 6.42 Å². The van der Waals surface area contributed by atoms with E-state index in [0.717, 1.165) is 44.9 Å². The molecular weight excluding hydrogens is 900 g/mol. The Morgan fingerprint density at radius 2 is 0.789 bits per heavy atom. The molecule has 0 rings (SSSR count). The van der Waals surface area contributed by atoms with Crippen LogP contribution in [0, 0.1) is 0 Å². The fourth-order valence-corrected chi connectivity index (χ4v) is 9.97. The Bertz CT molecular complexity index is 1250. The number of hydrogen-bond acceptors (Lipinski definition) is 6. The van der Waals surface area contributed by atoms with Gasteiger partial charge in [0.25, 0.3) is 7.82 Å². The van der Waals surface area contributed by atoms with Gasteiger partial charge in [0.2, 0.25) is 5.91 Å². The molecule has 8 nitrogen and oxygen atoms in total. The van der Waals surface area contributed by atoms with E-state index in [1.807, 2.05) is 27.2 Å². The molecule has 0 aliphatic heterocycles. The maximum atomic E-state index is 13.0. The number of nitrogens with zero attached hydrogens (tertiary/aromatic N) is 1. The number of unbranched alkanes of at least 4 members (excludes halogenated alkanes) is 40. The lowest BCUT2D eigenvalue weighted by molar-refractivity contribution is -0.870. The Morgan fingerprint density at radius 1 is 0.479 bits per heavy atom. The van der Waals surface area contributed by atoms with Crippen molar-refractivity contribution in [2.75, 3.05) is 40.9 Å². The monoisotopic (exact) mass is 1020 g/mol. The Morgan fingerprint density at radius 3 is 1.14 bits per heavy atom. The van der Waals surface area contributed by atoms with Crippen molar-refractivity contribution in [1.29, 1.82) is 0 Å². The highest BCUT2D eigenvalue weighted by Gasteiger charge is 2.23. The van der Waals surface area contributed by atoms with Crippen LogP contribution in [0.4, 0.5) is 0 Å². The second-order valence-corrected chi connectivity index (χ2v) is 23.8. The summed E-state index contributed by atoms with van der Waals surface area (Å²) < 4.78 is 23.3. The summed E-state index contributed by atoms with van der Waals surface area (Å²) >= 11 is 0. The van der Waals surface area contributed by atoms with Crippen molar-refractivity contribution in [2.45, 2.75) is 315 Å². The molecule has 0 fully saturated rings. The molecule has 0 heterocycles. The molecule has 0 saturated heterocycles. The molecule has 9 heteroatoms. The SMILES string of the molecule is CCCCCCCCCC/C=C/CC/C=C/CC/C=C/C(O)C(COP(=O)([O-])OCC[N+](C)(C)C)NC(=O)CCCCCCCCCCCCCCCCCCCCCCCCCCCCCCCCC. The van der Waals surface area contributed by atoms with Gasteiger partial charge in [0.1, 0.15) is 13.2 Å². The number of phosphoric acid groups is 1. The molecule has 3 atom stereocenters. The van der Waals surface area contributed by atoms with Crippen molar-refractivity contribution in [3.8, 4) is 0 Å². The minimum absolute atomic E-state index is 0.00737. The molecule has 1 amide bonds. The third kappa shape index (κ3) is 56.3. The molecule has 0 saturated carbocycles. The van der Waals surface area contributed by atoms with E-state index in [1.54, 1.807) is 6.08 Å². The number of phosphoric ester groups is 1. The van der Waals surface area contributed by atoms with Gasteiger partial charge in [0.15, 0.2) is 0 Å². The summed E-state index contributed by atoms with van der Waals surface area (Å²) in [4.78, 5) is 25.5. The van der Waals surface area contributed by atoms with Gasteiger partial charge < -0.3 is 28.8 Å². The number of likely N-dealkylation sites (N-methyl/N-ethyl adjacent to an activating group) is 1. The van der Waals surface area contributed by atoms with Crippen LogP contribution in [-0.2, 0) is 18.4 Å². The van der Waals surface area contributed by atoms with Gasteiger partial charge in [-0.1, -0.05) is 288 Å². The number of carbonyl (C=O) groups is 1. The Balaban J connectivity index is 4.09. The molecule has 0 aliphatic rings. The molecule has 0 aliphatic carbocycles. The second kappa shape index (κ2) is 53.5. The molecule has 3 unspecified atom stereocenters. The van der Waals surface area contributed by atoms with Crippen molar-refractivity contribution >= 4 is 13.7 Å². The fourth-order valence-electron chi connectivity index (χ4n) is 9.25. The third-order valence-corrected chi connectivity index (χ3v) is 15.0. The zero-order chi connectivity index (χ0) is 52.0. The topological polar surface area (TPSA) is 108 Å². The number of aliphatic hydroxyl groups excluding tert-OH is 1. The van der Waals surface area contributed by atoms with Crippen molar-refractivity contribution in [3.05, 3.63) is 36.5 Å². The number of quaternary nitrogens is 1. The number of carbonyl (C=O) groups excluding carboxylic acids is 1. The Hall–Kier alpha value is -1.28. The zero-order valence-corrected chi connectivity index (χ0v) is 48.8. The van der Waals surface area contributed by atoms with Crippen LogP contribution in [0.2, 0.25) is 0 Å². The van der Waals surface area contributed by atoms with E-state index in [0.29, 0.717) is 17.4 Å². The number of aliphatic hydroxyl groups is 1. The van der Waals surface area contributed by atoms with E-state index < -0.39 is 26.6 Å². The molecule has 0 aromatic rings. The van der Waals surface area contributed by atoms with Crippen molar-refractivity contribution in [2.24, 2.45) is 0 Å². The minimum Gasteiger partial charge on any atom is -0.756 e. The third-order valence-electron chi connectivity index (χ3n) is 14.1. The van der Waals surface area contributed by atoms with Gasteiger partial charge in [-0.25, -0.2) is 0 Å². The molecule has 0 bridgehead atoms. The summed E-state index contributed by atoms with van der Waals surface area (Å²) in [6.45, 7) is 4.65. The first-order valence-corrected chi connectivity index (χ1v) is 32.3. The van der Waals surface area contributed by atoms with Crippen LogP contribution in [0.3, 0.4) is 0 Å². The lowest BCUT2D eigenvalue weighted by Gasteiger charge is -2.29. The van der Waals surface area contributed by atoms with Crippen LogP contribution < -0.4 is 10.2 Å². The van der Waals surface area contributed by atoms with Crippen molar-refractivity contribution in [3.63, 3.8) is 0 Å². The number of allylic oxidation sites excluding steroid dienone is 5. The summed E-state index contributed by atoms with van der Waals surface area (Å²) in [7, 11) is 1.25. The molecule has 71 heavy (non-hydrogen) atoms. The van der Waals surface area contributed by atoms with Crippen LogP contribution in [0.5, 0.6) is 0 Å². The Kier molecular flexibility index (Phi) is 52.6. The van der Waals surface area contributed by atoms with E-state index in [9.17, 15) is 19.4 Å². The molecule has 0 aromatic carbocycles. The second-order valence-electron chi connectivity index (χ2n) is 22.4. The Labute approximate surface area is 442 Å². The van der Waals surface area contributed by atoms with Gasteiger partial charge >= 0.3 is 0 Å². The van der Waals surface area contributed by atoms with Crippen LogP contribution in [0.15, 0.2) is 36.5 Å². The number of amides is 1. The first-order valence-electron chi connectivity index (χ1n) is 30.9. The number of rotatable bonds is 57. The van der Waals surface area contributed by atoms with Crippen LogP contribution in [0.25, 0.3) is 0 Å². The van der Waals surface area contributed by atoms with Gasteiger partial charge in [-0.3, -0.25) is 9.36 Å². The highest BCUT2D eigenvalue weighted by molar-refractivity contribution is 7.45. The van der Waals surface area contributed by atoms with Gasteiger partial charge in [0.05, 0.1) is 39.9 Å². The smallest absolute Gasteiger partial charge is 0.268 e.